The van der Waals surface area contributed by atoms with E-state index in [1.165, 1.54) is 64.2 Å². The Labute approximate surface area is 205 Å². The fourth-order valence-electron chi connectivity index (χ4n) is 9.36. The Bertz CT molecular complexity index is 863. The maximum Gasteiger partial charge on any atom is 0.269 e. The van der Waals surface area contributed by atoms with Crippen LogP contribution in [0, 0.1) is 46.3 Å². The molecular weight excluding hydrogens is 454 g/mol. The number of amides is 1. The zero-order valence-corrected chi connectivity index (χ0v) is 22.0. The molecule has 7 nitrogen and oxygen atoms in total. The van der Waals surface area contributed by atoms with Crippen molar-refractivity contribution in [2.24, 2.45) is 46.3 Å². The molecular formula is C26H45NO6S. The Kier molecular flexibility index (Phi) is 7.47. The van der Waals surface area contributed by atoms with E-state index in [4.69, 9.17) is 4.55 Å². The number of fused-ring (bicyclic) bond motifs is 5. The number of aliphatic hydroxyl groups is 1. The van der Waals surface area contributed by atoms with Gasteiger partial charge in [-0.1, -0.05) is 33.6 Å². The summed E-state index contributed by atoms with van der Waals surface area (Å²) < 4.78 is 30.7. The minimum Gasteiger partial charge on any atom is -0.370 e. The van der Waals surface area contributed by atoms with Crippen molar-refractivity contribution in [3.8, 4) is 0 Å². The van der Waals surface area contributed by atoms with Crippen LogP contribution in [0.4, 0.5) is 0 Å². The van der Waals surface area contributed by atoms with Crippen LogP contribution in [0.5, 0.6) is 0 Å². The van der Waals surface area contributed by atoms with Gasteiger partial charge in [0.2, 0.25) is 5.91 Å². The maximum absolute atomic E-state index is 12.3. The molecule has 4 rings (SSSR count). The number of nitrogens with zero attached hydrogens (tertiary/aromatic N) is 1. The van der Waals surface area contributed by atoms with Crippen molar-refractivity contribution >= 4 is 16.0 Å². The van der Waals surface area contributed by atoms with Crippen molar-refractivity contribution in [3.63, 3.8) is 0 Å². The lowest BCUT2D eigenvalue weighted by Crippen LogP contribution is -2.53. The van der Waals surface area contributed by atoms with Crippen molar-refractivity contribution in [1.29, 1.82) is 0 Å². The van der Waals surface area contributed by atoms with Crippen LogP contribution in [0.1, 0.15) is 97.8 Å². The van der Waals surface area contributed by atoms with E-state index in [2.05, 4.69) is 20.8 Å². The SMILES string of the molecule is C[C@H](CCC(=O)N(O)C(O)CS(=O)(=O)O)[C@H]1CC[C@H]2[C@@H]3CCC4CCCC[C@]4(C)[C@H]3CC[C@]12C. The predicted molar refractivity (Wildman–Crippen MR) is 129 cm³/mol. The number of carbonyl (C=O) groups is 1. The summed E-state index contributed by atoms with van der Waals surface area (Å²) in [5.74, 6) is 2.42. The summed E-state index contributed by atoms with van der Waals surface area (Å²) in [6, 6.07) is 0. The zero-order valence-electron chi connectivity index (χ0n) is 21.2. The molecule has 0 aliphatic heterocycles. The Morgan fingerprint density at radius 3 is 2.41 bits per heavy atom. The molecule has 4 aliphatic carbocycles. The Morgan fingerprint density at radius 1 is 1.00 bits per heavy atom. The molecule has 4 aliphatic rings. The molecule has 2 unspecified atom stereocenters. The summed E-state index contributed by atoms with van der Waals surface area (Å²) in [4.78, 5) is 12.3. The van der Waals surface area contributed by atoms with Gasteiger partial charge < -0.3 is 5.11 Å². The van der Waals surface area contributed by atoms with Gasteiger partial charge in [0.15, 0.2) is 6.23 Å². The molecule has 0 aromatic heterocycles. The quantitative estimate of drug-likeness (QED) is 0.199. The van der Waals surface area contributed by atoms with Crippen molar-refractivity contribution in [1.82, 2.24) is 5.06 Å². The van der Waals surface area contributed by atoms with E-state index in [9.17, 15) is 23.5 Å². The van der Waals surface area contributed by atoms with E-state index < -0.39 is 28.0 Å². The van der Waals surface area contributed by atoms with Gasteiger partial charge in [0, 0.05) is 6.42 Å². The van der Waals surface area contributed by atoms with Gasteiger partial charge in [0.25, 0.3) is 10.1 Å². The highest BCUT2D eigenvalue weighted by atomic mass is 32.2. The zero-order chi connectivity index (χ0) is 24.9. The second-order valence-electron chi connectivity index (χ2n) is 12.6. The molecule has 0 radical (unpaired) electrons. The van der Waals surface area contributed by atoms with Gasteiger partial charge in [-0.05, 0) is 104 Å². The van der Waals surface area contributed by atoms with E-state index >= 15 is 0 Å². The van der Waals surface area contributed by atoms with Crippen molar-refractivity contribution in [2.75, 3.05) is 5.75 Å². The van der Waals surface area contributed by atoms with Crippen LogP contribution >= 0.6 is 0 Å². The third-order valence-corrected chi connectivity index (χ3v) is 11.8. The molecule has 4 fully saturated rings. The average Bonchev–Trinajstić information content (AvgIpc) is 3.12. The topological polar surface area (TPSA) is 115 Å². The van der Waals surface area contributed by atoms with Gasteiger partial charge in [0.05, 0.1) is 0 Å². The number of aliphatic hydroxyl groups excluding tert-OH is 1. The molecule has 9 atom stereocenters. The molecule has 0 aromatic carbocycles. The minimum atomic E-state index is -4.49. The standard InChI is InChI=1S/C26H45NO6S/c1-17(7-12-23(28)27(30)24(29)16-34(31,32)33)20-10-11-21-19-9-8-18-6-4-5-14-25(18,2)22(19)13-15-26(20,21)3/h17-22,24,29-30H,4-16H2,1-3H3,(H,31,32,33)/t17-,18?,19+,20-,21+,22+,24?,25+,26-/m1/s1. The second-order valence-corrected chi connectivity index (χ2v) is 14.1. The first kappa shape index (κ1) is 26.4. The van der Waals surface area contributed by atoms with Gasteiger partial charge in [-0.2, -0.15) is 13.5 Å². The summed E-state index contributed by atoms with van der Waals surface area (Å²) in [6.07, 6.45) is 12.2. The fourth-order valence-corrected chi connectivity index (χ4v) is 9.88. The lowest BCUT2D eigenvalue weighted by atomic mass is 9.44. The van der Waals surface area contributed by atoms with Crippen LogP contribution in [0.25, 0.3) is 0 Å². The molecule has 0 heterocycles. The summed E-state index contributed by atoms with van der Waals surface area (Å²) in [5, 5.41) is 19.6. The predicted octanol–water partition coefficient (Wildman–Crippen LogP) is 4.88. The molecule has 34 heavy (non-hydrogen) atoms. The van der Waals surface area contributed by atoms with Crippen molar-refractivity contribution < 1.29 is 28.1 Å². The largest absolute Gasteiger partial charge is 0.370 e. The van der Waals surface area contributed by atoms with Crippen LogP contribution in [-0.4, -0.2) is 46.2 Å². The number of hydrogen-bond acceptors (Lipinski definition) is 5. The molecule has 0 saturated heterocycles. The first-order valence-electron chi connectivity index (χ1n) is 13.5. The van der Waals surface area contributed by atoms with Gasteiger partial charge in [0.1, 0.15) is 5.75 Å². The number of carbonyl (C=O) groups excluding carboxylic acids is 1. The first-order valence-corrected chi connectivity index (χ1v) is 15.1. The molecule has 0 bridgehead atoms. The summed E-state index contributed by atoms with van der Waals surface area (Å²) in [6.45, 7) is 7.30. The summed E-state index contributed by atoms with van der Waals surface area (Å²) >= 11 is 0. The molecule has 1 amide bonds. The summed E-state index contributed by atoms with van der Waals surface area (Å²) in [7, 11) is -4.49. The first-order chi connectivity index (χ1) is 15.9. The molecule has 3 N–H and O–H groups in total. The van der Waals surface area contributed by atoms with Crippen LogP contribution in [0.3, 0.4) is 0 Å². The van der Waals surface area contributed by atoms with E-state index in [-0.39, 0.29) is 11.5 Å². The third kappa shape index (κ3) is 4.81. The van der Waals surface area contributed by atoms with E-state index in [1.54, 1.807) is 0 Å². The van der Waals surface area contributed by atoms with Crippen LogP contribution in [-0.2, 0) is 14.9 Å². The minimum absolute atomic E-state index is 0.0449. The lowest BCUT2D eigenvalue weighted by molar-refractivity contribution is -0.201. The Hall–Kier alpha value is -0.700. The van der Waals surface area contributed by atoms with Crippen LogP contribution in [0.15, 0.2) is 0 Å². The van der Waals surface area contributed by atoms with Gasteiger partial charge in [-0.3, -0.25) is 14.6 Å². The van der Waals surface area contributed by atoms with Crippen molar-refractivity contribution in [3.05, 3.63) is 0 Å². The number of rotatable bonds is 7. The van der Waals surface area contributed by atoms with Crippen LogP contribution in [0.2, 0.25) is 0 Å². The molecule has 0 aromatic rings. The van der Waals surface area contributed by atoms with Crippen LogP contribution < -0.4 is 0 Å². The highest BCUT2D eigenvalue weighted by molar-refractivity contribution is 7.85. The molecule has 0 spiro atoms. The summed E-state index contributed by atoms with van der Waals surface area (Å²) in [5.41, 5.74) is 0.830. The molecule has 196 valence electrons. The molecule has 8 heteroatoms. The maximum atomic E-state index is 12.3. The third-order valence-electron chi connectivity index (χ3n) is 11.1. The van der Waals surface area contributed by atoms with E-state index in [1.807, 2.05) is 0 Å². The fraction of sp³-hybridized carbons (Fsp3) is 0.962. The second kappa shape index (κ2) is 9.64. The Morgan fingerprint density at radius 2 is 1.71 bits per heavy atom. The highest BCUT2D eigenvalue weighted by Crippen LogP contribution is 2.68. The highest BCUT2D eigenvalue weighted by Gasteiger charge is 2.60. The van der Waals surface area contributed by atoms with Gasteiger partial charge in [-0.15, -0.1) is 0 Å². The van der Waals surface area contributed by atoms with E-state index in [0.717, 1.165) is 23.7 Å². The smallest absolute Gasteiger partial charge is 0.269 e. The normalized spacial score (nSPS) is 41.6. The number of hydrogen-bond donors (Lipinski definition) is 3. The molecule has 4 saturated carbocycles. The lowest BCUT2D eigenvalue weighted by Gasteiger charge is -2.61. The van der Waals surface area contributed by atoms with Crippen molar-refractivity contribution in [2.45, 2.75) is 104 Å². The number of hydroxylamine groups is 2. The van der Waals surface area contributed by atoms with E-state index in [0.29, 0.717) is 29.1 Å². The monoisotopic (exact) mass is 499 g/mol. The van der Waals surface area contributed by atoms with Gasteiger partial charge in [-0.25, -0.2) is 0 Å². The average molecular weight is 500 g/mol. The van der Waals surface area contributed by atoms with Gasteiger partial charge >= 0.3 is 0 Å². The Balaban J connectivity index is 1.37.